The highest BCUT2D eigenvalue weighted by Crippen LogP contribution is 2.21. The molecule has 10 atom stereocenters. The lowest BCUT2D eigenvalue weighted by Gasteiger charge is -2.30. The largest absolute Gasteiger partial charge is 0.389 e. The van der Waals surface area contributed by atoms with Crippen LogP contribution in [0.1, 0.15) is 109 Å². The van der Waals surface area contributed by atoms with Crippen molar-refractivity contribution in [3.8, 4) is 0 Å². The van der Waals surface area contributed by atoms with Crippen LogP contribution in [-0.4, -0.2) is 210 Å². The molecule has 0 aromatic carbocycles. The monoisotopic (exact) mass is 1190 g/mol. The van der Waals surface area contributed by atoms with Gasteiger partial charge in [-0.1, -0.05) is 12.5 Å². The lowest BCUT2D eigenvalue weighted by atomic mass is 10.0. The zero-order valence-electron chi connectivity index (χ0n) is 48.4. The first-order chi connectivity index (χ1) is 40.2. The average Bonchev–Trinajstić information content (AvgIpc) is 4.39. The van der Waals surface area contributed by atoms with Gasteiger partial charge in [0, 0.05) is 44.5 Å². The molecule has 84 heavy (non-hydrogen) atoms. The molecule has 1 aliphatic rings. The van der Waals surface area contributed by atoms with Crippen molar-refractivity contribution >= 4 is 59.1 Å². The van der Waals surface area contributed by atoms with Crippen LogP contribution in [0.5, 0.6) is 0 Å². The number of amides is 10. The van der Waals surface area contributed by atoms with E-state index in [2.05, 4.69) is 57.8 Å². The third-order valence-corrected chi connectivity index (χ3v) is 13.8. The Morgan fingerprint density at radius 3 is 1.75 bits per heavy atom. The number of rotatable bonds is 43. The van der Waals surface area contributed by atoms with Gasteiger partial charge in [-0.25, -0.2) is 4.98 Å². The van der Waals surface area contributed by atoms with Crippen molar-refractivity contribution in [2.75, 3.05) is 65.4 Å². The Hall–Kier alpha value is -6.75. The molecule has 1 aliphatic heterocycles. The maximum absolute atomic E-state index is 14.4. The van der Waals surface area contributed by atoms with E-state index in [9.17, 15) is 58.2 Å². The normalized spacial score (nSPS) is 16.5. The summed E-state index contributed by atoms with van der Waals surface area (Å²) in [6, 6.07) is -10.7. The van der Waals surface area contributed by atoms with Gasteiger partial charge in [-0.15, -0.1) is 0 Å². The summed E-state index contributed by atoms with van der Waals surface area (Å²) in [5.41, 5.74) is 45.8. The van der Waals surface area contributed by atoms with Crippen molar-refractivity contribution in [3.63, 3.8) is 0 Å². The maximum Gasteiger partial charge on any atom is 0.268 e. The number of hydrogen-bond acceptors (Lipinski definition) is 21. The van der Waals surface area contributed by atoms with E-state index in [0.717, 1.165) is 0 Å². The van der Waals surface area contributed by atoms with Gasteiger partial charge in [0.2, 0.25) is 53.2 Å². The van der Waals surface area contributed by atoms with Gasteiger partial charge in [-0.2, -0.15) is 0 Å². The molecular formula is C52H96N20O12. The van der Waals surface area contributed by atoms with E-state index >= 15 is 0 Å². The SMILES string of the molecule is CC=C(NC(=O)[C@H](CCCCN)NC(=O)[C@H](Cc1cnc[nH]1)NC(=O)[C@@H]1CCCN1C(=O)[C@@H](CCCN)NC(=O)CNC(=O)[C@@H](NC(=O)[C@@H](NC(=O)[C@@H](N)CCCCN)[C@@H](O)CN)[C@@H](O)CN)C(=O)N[C@@H](CCCCN)C(=O)NCCCCN. The standard InChI is InChI=1S/C52H96N20O12/c1-2-33(46(78)67-34(14-4-7-19-54)45(77)62-23-10-9-21-56)66-47(79)35(15-5-8-20-55)68-48(80)37(25-31-28-61-30-64-31)69-49(81)38-17-12-24-72(38)52(84)36(16-11-22-57)65-41(75)29-63-50(82)42(39(73)26-58)71-51(83)43(40(74)27-59)70-44(76)32(60)13-3-6-18-53/h2,28,30,32,34-40,42-43,73-74H,3-27,29,53-60H2,1H3,(H,61,64)(H,62,77)(H,63,82)(H,65,75)(H,66,79)(H,67,78)(H,68,80)(H,69,81)(H,70,76)(H,71,83)/t32-,34-,35-,36+,37-,38-,39-,40-,42-,43-/m0/s1. The van der Waals surface area contributed by atoms with Gasteiger partial charge in [0.25, 0.3) is 5.91 Å². The molecule has 1 aromatic rings. The van der Waals surface area contributed by atoms with Crippen LogP contribution in [0.2, 0.25) is 0 Å². The summed E-state index contributed by atoms with van der Waals surface area (Å²) in [6.07, 6.45) is 6.27. The first kappa shape index (κ1) is 73.4. The lowest BCUT2D eigenvalue weighted by molar-refractivity contribution is -0.142. The second-order valence-electron chi connectivity index (χ2n) is 20.4. The number of aromatic amines is 1. The molecule has 1 saturated heterocycles. The zero-order chi connectivity index (χ0) is 62.6. The maximum atomic E-state index is 14.4. The van der Waals surface area contributed by atoms with Crippen LogP contribution in [0.3, 0.4) is 0 Å². The van der Waals surface area contributed by atoms with Gasteiger partial charge in [0.05, 0.1) is 31.1 Å². The molecule has 2 rings (SSSR count). The Morgan fingerprint density at radius 1 is 0.619 bits per heavy atom. The smallest absolute Gasteiger partial charge is 0.268 e. The Labute approximate surface area is 490 Å². The molecule has 1 aromatic heterocycles. The highest BCUT2D eigenvalue weighted by molar-refractivity contribution is 6.02. The first-order valence-electron chi connectivity index (χ1n) is 28.9. The second kappa shape index (κ2) is 41.3. The van der Waals surface area contributed by atoms with Crippen LogP contribution in [0.25, 0.3) is 0 Å². The molecule has 2 heterocycles. The van der Waals surface area contributed by atoms with Crippen LogP contribution in [-0.2, 0) is 54.4 Å². The fraction of sp³-hybridized carbons (Fsp3) is 0.712. The van der Waals surface area contributed by atoms with Crippen molar-refractivity contribution < 1.29 is 58.2 Å². The van der Waals surface area contributed by atoms with Crippen LogP contribution in [0, 0.1) is 0 Å². The fourth-order valence-electron chi connectivity index (χ4n) is 8.90. The number of unbranched alkanes of at least 4 members (excludes halogenated alkanes) is 4. The van der Waals surface area contributed by atoms with Crippen LogP contribution >= 0.6 is 0 Å². The molecule has 1 fully saturated rings. The second-order valence-corrected chi connectivity index (χ2v) is 20.4. The molecule has 28 N–H and O–H groups in total. The van der Waals surface area contributed by atoms with Crippen molar-refractivity contribution in [1.29, 1.82) is 0 Å². The van der Waals surface area contributed by atoms with Gasteiger partial charge in [0.1, 0.15) is 48.0 Å². The minimum atomic E-state index is -1.83. The predicted molar refractivity (Wildman–Crippen MR) is 310 cm³/mol. The summed E-state index contributed by atoms with van der Waals surface area (Å²) < 4.78 is 0. The number of likely N-dealkylation sites (tertiary alicyclic amines) is 1. The van der Waals surface area contributed by atoms with Crippen LogP contribution in [0.4, 0.5) is 0 Å². The molecule has 0 unspecified atom stereocenters. The number of carbonyl (C=O) groups is 10. The van der Waals surface area contributed by atoms with Gasteiger partial charge in [-0.3, -0.25) is 47.9 Å². The number of carbonyl (C=O) groups excluding carboxylic acids is 10. The van der Waals surface area contributed by atoms with Crippen molar-refractivity contribution in [1.82, 2.24) is 62.7 Å². The predicted octanol–water partition coefficient (Wildman–Crippen LogP) is -8.06. The number of nitrogens with one attached hydrogen (secondary N) is 10. The molecule has 10 amide bonds. The molecule has 0 spiro atoms. The Bertz CT molecular complexity index is 2240. The minimum absolute atomic E-state index is 0.00687. The molecule has 32 nitrogen and oxygen atoms in total. The third kappa shape index (κ3) is 26.0. The van der Waals surface area contributed by atoms with Crippen molar-refractivity contribution in [3.05, 3.63) is 30.0 Å². The van der Waals surface area contributed by atoms with Crippen LogP contribution in [0.15, 0.2) is 24.3 Å². The summed E-state index contributed by atoms with van der Waals surface area (Å²) in [7, 11) is 0. The molecule has 0 bridgehead atoms. The fourth-order valence-corrected chi connectivity index (χ4v) is 8.90. The van der Waals surface area contributed by atoms with E-state index in [0.29, 0.717) is 89.7 Å². The average molecular weight is 1190 g/mol. The Morgan fingerprint density at radius 2 is 1.18 bits per heavy atom. The van der Waals surface area contributed by atoms with E-state index in [1.807, 2.05) is 0 Å². The van der Waals surface area contributed by atoms with Gasteiger partial charge in [-0.05, 0) is 130 Å². The number of hydrogen-bond donors (Lipinski definition) is 20. The zero-order valence-corrected chi connectivity index (χ0v) is 48.4. The molecule has 32 heteroatoms. The van der Waals surface area contributed by atoms with E-state index in [-0.39, 0.29) is 70.3 Å². The van der Waals surface area contributed by atoms with E-state index in [4.69, 9.17) is 45.9 Å². The van der Waals surface area contributed by atoms with Gasteiger partial charge < -0.3 is 114 Å². The summed E-state index contributed by atoms with van der Waals surface area (Å²) in [6.45, 7) is 1.63. The van der Waals surface area contributed by atoms with Gasteiger partial charge >= 0.3 is 0 Å². The number of nitrogens with zero attached hydrogens (tertiary/aromatic N) is 2. The summed E-state index contributed by atoms with van der Waals surface area (Å²) in [5.74, 6) is -8.12. The number of aliphatic hydroxyl groups excluding tert-OH is 2. The van der Waals surface area contributed by atoms with E-state index in [1.165, 1.54) is 30.4 Å². The van der Waals surface area contributed by atoms with Crippen LogP contribution < -0.4 is 93.7 Å². The first-order valence-corrected chi connectivity index (χ1v) is 28.9. The van der Waals surface area contributed by atoms with Crippen molar-refractivity contribution in [2.24, 2.45) is 45.9 Å². The Balaban J connectivity index is 2.30. The minimum Gasteiger partial charge on any atom is -0.389 e. The molecular weight excluding hydrogens is 1100 g/mol. The molecule has 0 radical (unpaired) electrons. The summed E-state index contributed by atoms with van der Waals surface area (Å²) in [4.78, 5) is 145. The number of aliphatic hydroxyl groups is 2. The number of H-pyrrole nitrogens is 1. The quantitative estimate of drug-likeness (QED) is 0.0213. The highest BCUT2D eigenvalue weighted by Gasteiger charge is 2.40. The topological polar surface area (TPSA) is 560 Å². The summed E-state index contributed by atoms with van der Waals surface area (Å²) in [5, 5.41) is 44.2. The third-order valence-electron chi connectivity index (χ3n) is 13.8. The number of allylic oxidation sites excluding steroid dienone is 1. The number of aromatic nitrogens is 2. The molecule has 0 saturated carbocycles. The molecule has 476 valence electrons. The number of imidazole rings is 1. The van der Waals surface area contributed by atoms with E-state index in [1.54, 1.807) is 0 Å². The van der Waals surface area contributed by atoms with Gasteiger partial charge in [0.15, 0.2) is 0 Å². The van der Waals surface area contributed by atoms with Crippen molar-refractivity contribution in [2.45, 2.75) is 170 Å². The Kier molecular flexibility index (Phi) is 36.1. The lowest BCUT2D eigenvalue weighted by Crippen LogP contribution is -2.63. The number of nitrogens with two attached hydrogens (primary N) is 8. The highest BCUT2D eigenvalue weighted by atomic mass is 16.3. The molecule has 0 aliphatic carbocycles. The summed E-state index contributed by atoms with van der Waals surface area (Å²) >= 11 is 0. The van der Waals surface area contributed by atoms with E-state index < -0.39 is 139 Å².